The molecular formula is C15H18ClN3O2. The van der Waals surface area contributed by atoms with E-state index in [2.05, 4.69) is 15.5 Å². The van der Waals surface area contributed by atoms with Crippen molar-refractivity contribution in [3.8, 4) is 5.75 Å². The Morgan fingerprint density at radius 3 is 3.10 bits per heavy atom. The van der Waals surface area contributed by atoms with Gasteiger partial charge in [-0.15, -0.1) is 0 Å². The molecule has 0 spiro atoms. The van der Waals surface area contributed by atoms with E-state index in [1.165, 1.54) is 19.5 Å². The fourth-order valence-corrected chi connectivity index (χ4v) is 3.77. The first-order chi connectivity index (χ1) is 10.2. The molecule has 1 aromatic carbocycles. The number of nitrogens with one attached hydrogen (secondary N) is 2. The molecule has 3 unspecified atom stereocenters. The van der Waals surface area contributed by atoms with E-state index in [0.717, 1.165) is 18.7 Å². The number of nitrogens with zero attached hydrogens (tertiary/aromatic N) is 1. The Bertz CT molecular complexity index is 593. The molecule has 3 atom stereocenters. The molecule has 112 valence electrons. The summed E-state index contributed by atoms with van der Waals surface area (Å²) in [6.07, 6.45) is 2.41. The van der Waals surface area contributed by atoms with E-state index in [4.69, 9.17) is 16.3 Å². The van der Waals surface area contributed by atoms with Crippen molar-refractivity contribution in [3.05, 3.63) is 17.2 Å². The predicted molar refractivity (Wildman–Crippen MR) is 82.2 cm³/mol. The average Bonchev–Trinajstić information content (AvgIpc) is 2.85. The topological polar surface area (TPSA) is 53.6 Å². The number of carbonyl (C=O) groups excluding carboxylic acids is 1. The minimum Gasteiger partial charge on any atom is -0.482 e. The molecular weight excluding hydrogens is 290 g/mol. The monoisotopic (exact) mass is 307 g/mol. The fraction of sp³-hybridized carbons (Fsp3) is 0.533. The van der Waals surface area contributed by atoms with E-state index >= 15 is 0 Å². The molecule has 1 aromatic rings. The van der Waals surface area contributed by atoms with E-state index in [-0.39, 0.29) is 12.5 Å². The predicted octanol–water partition coefficient (Wildman–Crippen LogP) is 2.18. The maximum atomic E-state index is 11.3. The summed E-state index contributed by atoms with van der Waals surface area (Å²) in [5.74, 6) is 1.24. The van der Waals surface area contributed by atoms with Crippen molar-refractivity contribution in [2.45, 2.75) is 18.9 Å². The van der Waals surface area contributed by atoms with Crippen molar-refractivity contribution in [1.82, 2.24) is 4.90 Å². The van der Waals surface area contributed by atoms with Crippen molar-refractivity contribution in [3.63, 3.8) is 0 Å². The second-order valence-electron chi connectivity index (χ2n) is 6.05. The van der Waals surface area contributed by atoms with Gasteiger partial charge in [0.15, 0.2) is 6.61 Å². The summed E-state index contributed by atoms with van der Waals surface area (Å²) in [5, 5.41) is 6.99. The highest BCUT2D eigenvalue weighted by Crippen LogP contribution is 2.38. The van der Waals surface area contributed by atoms with Gasteiger partial charge in [0.2, 0.25) is 0 Å². The van der Waals surface area contributed by atoms with Crippen LogP contribution in [0.4, 0.5) is 11.4 Å². The molecule has 0 aromatic heterocycles. The molecule has 3 aliphatic heterocycles. The quantitative estimate of drug-likeness (QED) is 0.879. The zero-order chi connectivity index (χ0) is 14.4. The van der Waals surface area contributed by atoms with E-state index < -0.39 is 0 Å². The van der Waals surface area contributed by atoms with Crippen molar-refractivity contribution in [2.75, 3.05) is 36.9 Å². The standard InChI is InChI=1S/C15H18ClN3O2/c16-10-5-13-14(21-8-15(20)18-13)6-12(10)17-11-2-4-19-3-1-9(11)7-19/h5-6,9,11,17H,1-4,7-8H2,(H,18,20). The average molecular weight is 308 g/mol. The largest absolute Gasteiger partial charge is 0.482 e. The first-order valence-corrected chi connectivity index (χ1v) is 7.82. The van der Waals surface area contributed by atoms with Crippen LogP contribution in [0.2, 0.25) is 5.02 Å². The van der Waals surface area contributed by atoms with Gasteiger partial charge >= 0.3 is 0 Å². The van der Waals surface area contributed by atoms with Gasteiger partial charge in [-0.1, -0.05) is 11.6 Å². The summed E-state index contributed by atoms with van der Waals surface area (Å²) < 4.78 is 5.46. The van der Waals surface area contributed by atoms with Gasteiger partial charge in [-0.05, 0) is 31.4 Å². The lowest BCUT2D eigenvalue weighted by Crippen LogP contribution is -2.39. The molecule has 0 aliphatic carbocycles. The number of hydrogen-bond donors (Lipinski definition) is 2. The summed E-state index contributed by atoms with van der Waals surface area (Å²) in [6, 6.07) is 4.14. The third kappa shape index (κ3) is 2.45. The van der Waals surface area contributed by atoms with E-state index in [0.29, 0.717) is 28.4 Å². The maximum Gasteiger partial charge on any atom is 0.262 e. The normalized spacial score (nSPS) is 30.3. The Hall–Kier alpha value is -1.46. The van der Waals surface area contributed by atoms with Crippen LogP contribution in [-0.4, -0.2) is 43.1 Å². The SMILES string of the molecule is O=C1COc2cc(NC3CCN4CCC3C4)c(Cl)cc2N1. The molecule has 0 radical (unpaired) electrons. The minimum absolute atomic E-state index is 0.0646. The Balaban J connectivity index is 1.56. The molecule has 4 rings (SSSR count). The van der Waals surface area contributed by atoms with Crippen molar-refractivity contribution < 1.29 is 9.53 Å². The Morgan fingerprint density at radius 2 is 2.19 bits per heavy atom. The highest BCUT2D eigenvalue weighted by Gasteiger charge is 2.34. The van der Waals surface area contributed by atoms with E-state index in [1.54, 1.807) is 6.07 Å². The zero-order valence-electron chi connectivity index (χ0n) is 11.7. The molecule has 0 saturated carbocycles. The summed E-state index contributed by atoms with van der Waals surface area (Å²) >= 11 is 6.35. The maximum absolute atomic E-state index is 11.3. The lowest BCUT2D eigenvalue weighted by molar-refractivity contribution is -0.118. The lowest BCUT2D eigenvalue weighted by atomic mass is 9.94. The number of benzene rings is 1. The van der Waals surface area contributed by atoms with Crippen LogP contribution in [0, 0.1) is 5.92 Å². The molecule has 3 aliphatic rings. The van der Waals surface area contributed by atoms with E-state index in [1.807, 2.05) is 6.07 Å². The van der Waals surface area contributed by atoms with Crippen LogP contribution in [0.15, 0.2) is 12.1 Å². The third-order valence-corrected chi connectivity index (χ3v) is 4.99. The van der Waals surface area contributed by atoms with E-state index in [9.17, 15) is 4.79 Å². The smallest absolute Gasteiger partial charge is 0.262 e. The molecule has 1 amide bonds. The molecule has 2 bridgehead atoms. The van der Waals surface area contributed by atoms with Crippen LogP contribution < -0.4 is 15.4 Å². The summed E-state index contributed by atoms with van der Waals surface area (Å²) in [4.78, 5) is 13.8. The highest BCUT2D eigenvalue weighted by molar-refractivity contribution is 6.33. The van der Waals surface area contributed by atoms with Gasteiger partial charge in [-0.2, -0.15) is 0 Å². The van der Waals surface area contributed by atoms with Crippen molar-refractivity contribution in [1.29, 1.82) is 0 Å². The Labute approximate surface area is 128 Å². The molecule has 5 nitrogen and oxygen atoms in total. The highest BCUT2D eigenvalue weighted by atomic mass is 35.5. The second kappa shape index (κ2) is 5.07. The number of piperidine rings is 1. The molecule has 2 N–H and O–H groups in total. The third-order valence-electron chi connectivity index (χ3n) is 4.68. The number of ether oxygens (including phenoxy) is 1. The fourth-order valence-electron chi connectivity index (χ4n) is 3.55. The summed E-state index contributed by atoms with van der Waals surface area (Å²) in [6.45, 7) is 3.63. The number of halogens is 1. The van der Waals surface area contributed by atoms with Crippen molar-refractivity contribution >= 4 is 28.9 Å². The van der Waals surface area contributed by atoms with Gasteiger partial charge in [0.1, 0.15) is 5.75 Å². The van der Waals surface area contributed by atoms with Crippen LogP contribution in [-0.2, 0) is 4.79 Å². The molecule has 6 heteroatoms. The number of amides is 1. The lowest BCUT2D eigenvalue weighted by Gasteiger charge is -2.32. The molecule has 3 heterocycles. The van der Waals surface area contributed by atoms with Gasteiger partial charge < -0.3 is 20.3 Å². The minimum atomic E-state index is -0.141. The van der Waals surface area contributed by atoms with Crippen LogP contribution in [0.25, 0.3) is 0 Å². The van der Waals surface area contributed by atoms with Gasteiger partial charge in [-0.3, -0.25) is 4.79 Å². The zero-order valence-corrected chi connectivity index (χ0v) is 12.4. The van der Waals surface area contributed by atoms with Gasteiger partial charge in [-0.25, -0.2) is 0 Å². The van der Waals surface area contributed by atoms with Crippen LogP contribution in [0.1, 0.15) is 12.8 Å². The Kier molecular flexibility index (Phi) is 3.19. The number of fused-ring (bicyclic) bond motifs is 3. The number of hydrogen-bond acceptors (Lipinski definition) is 4. The molecule has 2 fully saturated rings. The van der Waals surface area contributed by atoms with Crippen LogP contribution >= 0.6 is 11.6 Å². The number of anilines is 2. The summed E-state index contributed by atoms with van der Waals surface area (Å²) in [7, 11) is 0. The first kappa shape index (κ1) is 13.2. The number of carbonyl (C=O) groups is 1. The molecule has 21 heavy (non-hydrogen) atoms. The van der Waals surface area contributed by atoms with Gasteiger partial charge in [0.05, 0.1) is 16.4 Å². The van der Waals surface area contributed by atoms with Crippen LogP contribution in [0.3, 0.4) is 0 Å². The second-order valence-corrected chi connectivity index (χ2v) is 6.46. The first-order valence-electron chi connectivity index (χ1n) is 7.44. The number of rotatable bonds is 2. The Morgan fingerprint density at radius 1 is 1.33 bits per heavy atom. The van der Waals surface area contributed by atoms with Gasteiger partial charge in [0, 0.05) is 25.2 Å². The molecule has 2 saturated heterocycles. The van der Waals surface area contributed by atoms with Crippen molar-refractivity contribution in [2.24, 2.45) is 5.92 Å². The summed E-state index contributed by atoms with van der Waals surface area (Å²) in [5.41, 5.74) is 1.55. The van der Waals surface area contributed by atoms with Gasteiger partial charge in [0.25, 0.3) is 5.91 Å². The van der Waals surface area contributed by atoms with Crippen LogP contribution in [0.5, 0.6) is 5.75 Å².